The second-order valence-corrected chi connectivity index (χ2v) is 6.77. The van der Waals surface area contributed by atoms with E-state index in [2.05, 4.69) is 29.2 Å². The van der Waals surface area contributed by atoms with Crippen molar-refractivity contribution in [3.8, 4) is 0 Å². The van der Waals surface area contributed by atoms with Crippen LogP contribution in [-0.4, -0.2) is 37.1 Å². The van der Waals surface area contributed by atoms with Crippen molar-refractivity contribution in [1.82, 2.24) is 4.90 Å². The molecule has 1 aromatic rings. The highest BCUT2D eigenvalue weighted by molar-refractivity contribution is 5.76. The molecule has 1 aromatic carbocycles. The summed E-state index contributed by atoms with van der Waals surface area (Å²) in [7, 11) is 1.82. The molecule has 3 heteroatoms. The van der Waals surface area contributed by atoms with Crippen LogP contribution in [-0.2, 0) is 16.0 Å². The largest absolute Gasteiger partial charge is 0.381 e. The van der Waals surface area contributed by atoms with E-state index in [4.69, 9.17) is 4.74 Å². The molecular weight excluding hydrogens is 274 g/mol. The molecule has 1 aliphatic carbocycles. The molecule has 0 unspecified atom stereocenters. The number of methoxy groups -OCH3 is 1. The Labute approximate surface area is 133 Å². The number of hydrogen-bond donors (Lipinski definition) is 0. The molecule has 1 amide bonds. The van der Waals surface area contributed by atoms with Crippen LogP contribution < -0.4 is 0 Å². The number of fused-ring (bicyclic) bond motifs is 1. The van der Waals surface area contributed by atoms with Crippen LogP contribution in [0.1, 0.15) is 37.7 Å². The van der Waals surface area contributed by atoms with Crippen molar-refractivity contribution in [3.05, 3.63) is 35.9 Å². The van der Waals surface area contributed by atoms with E-state index >= 15 is 0 Å². The average molecular weight is 301 g/mol. The lowest BCUT2D eigenvalue weighted by molar-refractivity contribution is -0.130. The maximum atomic E-state index is 12.5. The Morgan fingerprint density at radius 2 is 2.05 bits per heavy atom. The highest BCUT2D eigenvalue weighted by atomic mass is 16.5. The number of hydrogen-bond acceptors (Lipinski definition) is 2. The van der Waals surface area contributed by atoms with Gasteiger partial charge in [-0.15, -0.1) is 0 Å². The molecule has 2 aliphatic rings. The number of likely N-dealkylation sites (tertiary alicyclic amines) is 1. The normalized spacial score (nSPS) is 27.7. The van der Waals surface area contributed by atoms with Gasteiger partial charge in [-0.3, -0.25) is 4.79 Å². The number of nitrogens with zero attached hydrogens (tertiary/aromatic N) is 1. The SMILES string of the molecule is CO[C@@H]1CCC[C@@H]2CN(C(=O)CCCc3ccccc3)C[C@@H]21. The maximum Gasteiger partial charge on any atom is 0.222 e. The molecule has 22 heavy (non-hydrogen) atoms. The molecule has 3 rings (SSSR count). The first-order valence-electron chi connectivity index (χ1n) is 8.62. The number of carbonyl (C=O) groups excluding carboxylic acids is 1. The molecule has 0 aromatic heterocycles. The Hall–Kier alpha value is -1.35. The molecule has 3 atom stereocenters. The second-order valence-electron chi connectivity index (χ2n) is 6.77. The van der Waals surface area contributed by atoms with E-state index < -0.39 is 0 Å². The predicted octanol–water partition coefficient (Wildman–Crippen LogP) is 3.28. The van der Waals surface area contributed by atoms with E-state index in [0.29, 0.717) is 30.3 Å². The fraction of sp³-hybridized carbons (Fsp3) is 0.632. The Balaban J connectivity index is 1.47. The zero-order valence-corrected chi connectivity index (χ0v) is 13.5. The fourth-order valence-corrected chi connectivity index (χ4v) is 4.16. The summed E-state index contributed by atoms with van der Waals surface area (Å²) < 4.78 is 5.63. The standard InChI is InChI=1S/C19H27NO2/c1-22-18-11-6-10-16-13-20(14-17(16)18)19(21)12-5-9-15-7-3-2-4-8-15/h2-4,7-8,16-18H,5-6,9-14H2,1H3/t16-,17+,18-/m1/s1. The Bertz CT molecular complexity index is 487. The minimum atomic E-state index is 0.334. The first kappa shape index (κ1) is 15.5. The molecule has 1 heterocycles. The summed E-state index contributed by atoms with van der Waals surface area (Å²) in [5.74, 6) is 1.56. The van der Waals surface area contributed by atoms with Crippen molar-refractivity contribution in [3.63, 3.8) is 0 Å². The van der Waals surface area contributed by atoms with Crippen LogP contribution in [0, 0.1) is 11.8 Å². The minimum absolute atomic E-state index is 0.334. The van der Waals surface area contributed by atoms with Gasteiger partial charge >= 0.3 is 0 Å². The Morgan fingerprint density at radius 1 is 1.23 bits per heavy atom. The number of ether oxygens (including phenoxy) is 1. The molecule has 1 aliphatic heterocycles. The van der Waals surface area contributed by atoms with E-state index in [-0.39, 0.29) is 0 Å². The lowest BCUT2D eigenvalue weighted by Gasteiger charge is -2.31. The van der Waals surface area contributed by atoms with Gasteiger partial charge in [0.25, 0.3) is 0 Å². The number of rotatable bonds is 5. The van der Waals surface area contributed by atoms with Crippen LogP contribution in [0.25, 0.3) is 0 Å². The zero-order chi connectivity index (χ0) is 15.4. The van der Waals surface area contributed by atoms with E-state index in [1.165, 1.54) is 18.4 Å². The van der Waals surface area contributed by atoms with Crippen LogP contribution in [0.4, 0.5) is 0 Å². The van der Waals surface area contributed by atoms with Gasteiger partial charge in [0.2, 0.25) is 5.91 Å². The van der Waals surface area contributed by atoms with E-state index in [0.717, 1.165) is 32.4 Å². The summed E-state index contributed by atoms with van der Waals surface area (Å²) >= 11 is 0. The average Bonchev–Trinajstić information content (AvgIpc) is 3.00. The lowest BCUT2D eigenvalue weighted by Crippen LogP contribution is -2.33. The van der Waals surface area contributed by atoms with Crippen molar-refractivity contribution in [1.29, 1.82) is 0 Å². The van der Waals surface area contributed by atoms with Crippen molar-refractivity contribution in [2.45, 2.75) is 44.6 Å². The second kappa shape index (κ2) is 7.28. The van der Waals surface area contributed by atoms with Crippen LogP contribution in [0.2, 0.25) is 0 Å². The highest BCUT2D eigenvalue weighted by Gasteiger charge is 2.41. The van der Waals surface area contributed by atoms with Gasteiger partial charge in [0.15, 0.2) is 0 Å². The lowest BCUT2D eigenvalue weighted by atomic mass is 9.79. The van der Waals surface area contributed by atoms with Crippen LogP contribution in [0.15, 0.2) is 30.3 Å². The first-order chi connectivity index (χ1) is 10.8. The van der Waals surface area contributed by atoms with Gasteiger partial charge in [0.05, 0.1) is 6.10 Å². The number of benzene rings is 1. The van der Waals surface area contributed by atoms with E-state index in [1.807, 2.05) is 13.2 Å². The summed E-state index contributed by atoms with van der Waals surface area (Å²) in [6, 6.07) is 10.4. The molecule has 1 saturated heterocycles. The van der Waals surface area contributed by atoms with E-state index in [1.54, 1.807) is 0 Å². The topological polar surface area (TPSA) is 29.5 Å². The third-order valence-electron chi connectivity index (χ3n) is 5.39. The third-order valence-corrected chi connectivity index (χ3v) is 5.39. The van der Waals surface area contributed by atoms with Crippen LogP contribution in [0.5, 0.6) is 0 Å². The van der Waals surface area contributed by atoms with Crippen LogP contribution in [0.3, 0.4) is 0 Å². The third kappa shape index (κ3) is 3.52. The van der Waals surface area contributed by atoms with Crippen molar-refractivity contribution in [2.75, 3.05) is 20.2 Å². The molecular formula is C19H27NO2. The van der Waals surface area contributed by atoms with Crippen LogP contribution >= 0.6 is 0 Å². The number of amides is 1. The molecule has 2 fully saturated rings. The predicted molar refractivity (Wildman–Crippen MR) is 87.6 cm³/mol. The van der Waals surface area contributed by atoms with Gasteiger partial charge in [-0.05, 0) is 37.2 Å². The zero-order valence-electron chi connectivity index (χ0n) is 13.5. The highest BCUT2D eigenvalue weighted by Crippen LogP contribution is 2.37. The van der Waals surface area contributed by atoms with Crippen molar-refractivity contribution < 1.29 is 9.53 Å². The van der Waals surface area contributed by atoms with Gasteiger partial charge < -0.3 is 9.64 Å². The molecule has 0 N–H and O–H groups in total. The molecule has 0 spiro atoms. The molecule has 0 bridgehead atoms. The summed E-state index contributed by atoms with van der Waals surface area (Å²) in [5.41, 5.74) is 1.32. The monoisotopic (exact) mass is 301 g/mol. The van der Waals surface area contributed by atoms with Crippen molar-refractivity contribution in [2.24, 2.45) is 11.8 Å². The minimum Gasteiger partial charge on any atom is -0.381 e. The van der Waals surface area contributed by atoms with Gasteiger partial charge in [0.1, 0.15) is 0 Å². The van der Waals surface area contributed by atoms with Crippen molar-refractivity contribution >= 4 is 5.91 Å². The van der Waals surface area contributed by atoms with Gasteiger partial charge in [0, 0.05) is 32.5 Å². The summed E-state index contributed by atoms with van der Waals surface area (Å²) in [5, 5.41) is 0. The van der Waals surface area contributed by atoms with Gasteiger partial charge in [-0.1, -0.05) is 36.8 Å². The molecule has 1 saturated carbocycles. The summed E-state index contributed by atoms with van der Waals surface area (Å²) in [6.07, 6.45) is 6.64. The Morgan fingerprint density at radius 3 is 2.82 bits per heavy atom. The summed E-state index contributed by atoms with van der Waals surface area (Å²) in [4.78, 5) is 14.6. The molecule has 0 radical (unpaired) electrons. The number of aryl methyl sites for hydroxylation is 1. The maximum absolute atomic E-state index is 12.5. The summed E-state index contributed by atoms with van der Waals surface area (Å²) in [6.45, 7) is 1.86. The smallest absolute Gasteiger partial charge is 0.222 e. The Kier molecular flexibility index (Phi) is 5.14. The van der Waals surface area contributed by atoms with E-state index in [9.17, 15) is 4.79 Å². The first-order valence-corrected chi connectivity index (χ1v) is 8.62. The molecule has 120 valence electrons. The number of carbonyl (C=O) groups is 1. The fourth-order valence-electron chi connectivity index (χ4n) is 4.16. The van der Waals surface area contributed by atoms with Gasteiger partial charge in [-0.25, -0.2) is 0 Å². The quantitative estimate of drug-likeness (QED) is 0.835. The van der Waals surface area contributed by atoms with Gasteiger partial charge in [-0.2, -0.15) is 0 Å². The molecule has 3 nitrogen and oxygen atoms in total.